The van der Waals surface area contributed by atoms with Crippen LogP contribution in [0, 0.1) is 6.92 Å². The summed E-state index contributed by atoms with van der Waals surface area (Å²) in [6.07, 6.45) is 1.68. The normalized spacial score (nSPS) is 12.7. The molecule has 1 atom stereocenters. The third-order valence-electron chi connectivity index (χ3n) is 2.87. The average Bonchev–Trinajstić information content (AvgIpc) is 2.76. The van der Waals surface area contributed by atoms with Crippen molar-refractivity contribution in [1.29, 1.82) is 0 Å². The van der Waals surface area contributed by atoms with E-state index in [4.69, 9.17) is 16.0 Å². The Labute approximate surface area is 120 Å². The number of nitrogens with one attached hydrogen (secondary N) is 1. The zero-order valence-electron chi connectivity index (χ0n) is 10.3. The van der Waals surface area contributed by atoms with Gasteiger partial charge in [0.05, 0.1) is 16.8 Å². The van der Waals surface area contributed by atoms with E-state index in [2.05, 4.69) is 35.1 Å². The molecular formula is C14H15BrClNO. The van der Waals surface area contributed by atoms with Crippen LogP contribution in [0.15, 0.2) is 39.4 Å². The monoisotopic (exact) mass is 327 g/mol. The second kappa shape index (κ2) is 5.91. The molecule has 1 aromatic heterocycles. The Morgan fingerprint density at radius 1 is 1.39 bits per heavy atom. The molecule has 2 nitrogen and oxygen atoms in total. The van der Waals surface area contributed by atoms with Crippen molar-refractivity contribution in [2.45, 2.75) is 19.9 Å². The third-order valence-corrected chi connectivity index (χ3v) is 3.76. The number of rotatable bonds is 4. The number of furan rings is 1. The summed E-state index contributed by atoms with van der Waals surface area (Å²) in [6, 6.07) is 7.83. The van der Waals surface area contributed by atoms with Gasteiger partial charge >= 0.3 is 0 Å². The fourth-order valence-corrected chi connectivity index (χ4v) is 2.59. The zero-order valence-corrected chi connectivity index (χ0v) is 12.7. The van der Waals surface area contributed by atoms with Crippen molar-refractivity contribution in [1.82, 2.24) is 5.32 Å². The first-order valence-corrected chi connectivity index (χ1v) is 7.03. The maximum absolute atomic E-state index is 6.09. The van der Waals surface area contributed by atoms with Crippen LogP contribution in [-0.2, 0) is 0 Å². The molecule has 0 spiro atoms. The summed E-state index contributed by atoms with van der Waals surface area (Å²) in [5.41, 5.74) is 2.33. The number of hydrogen-bond acceptors (Lipinski definition) is 2. The molecule has 0 aliphatic heterocycles. The molecular weight excluding hydrogens is 314 g/mol. The quantitative estimate of drug-likeness (QED) is 0.880. The molecule has 2 rings (SSSR count). The third kappa shape index (κ3) is 2.79. The van der Waals surface area contributed by atoms with Crippen molar-refractivity contribution < 1.29 is 4.42 Å². The summed E-state index contributed by atoms with van der Waals surface area (Å²) in [7, 11) is 0. The summed E-state index contributed by atoms with van der Waals surface area (Å²) in [5.74, 6) is 0.877. The Morgan fingerprint density at radius 2 is 2.17 bits per heavy atom. The van der Waals surface area contributed by atoms with Crippen molar-refractivity contribution in [2.24, 2.45) is 0 Å². The Morgan fingerprint density at radius 3 is 2.78 bits per heavy atom. The standard InChI is InChI=1S/C14H15BrClNO/c1-3-17-13(14-12(15)6-7-18-14)11-8-10(16)5-4-9(11)2/h4-8,13,17H,3H2,1-2H3. The van der Waals surface area contributed by atoms with Gasteiger partial charge in [-0.15, -0.1) is 0 Å². The Balaban J connectivity index is 2.48. The van der Waals surface area contributed by atoms with E-state index >= 15 is 0 Å². The van der Waals surface area contributed by atoms with Gasteiger partial charge in [0.15, 0.2) is 0 Å². The van der Waals surface area contributed by atoms with Gasteiger partial charge in [-0.2, -0.15) is 0 Å². The van der Waals surface area contributed by atoms with E-state index in [-0.39, 0.29) is 6.04 Å². The van der Waals surface area contributed by atoms with Crippen molar-refractivity contribution >= 4 is 27.5 Å². The molecule has 0 bridgehead atoms. The number of hydrogen-bond donors (Lipinski definition) is 1. The number of halogens is 2. The maximum atomic E-state index is 6.09. The van der Waals surface area contributed by atoms with Crippen LogP contribution in [0.5, 0.6) is 0 Å². The van der Waals surface area contributed by atoms with E-state index < -0.39 is 0 Å². The van der Waals surface area contributed by atoms with Crippen molar-refractivity contribution in [3.05, 3.63) is 56.9 Å². The highest BCUT2D eigenvalue weighted by Gasteiger charge is 2.20. The van der Waals surface area contributed by atoms with Gasteiger partial charge in [-0.3, -0.25) is 0 Å². The lowest BCUT2D eigenvalue weighted by Gasteiger charge is -2.19. The molecule has 0 saturated heterocycles. The summed E-state index contributed by atoms with van der Waals surface area (Å²) in [4.78, 5) is 0. The topological polar surface area (TPSA) is 25.2 Å². The smallest absolute Gasteiger partial charge is 0.139 e. The van der Waals surface area contributed by atoms with Crippen molar-refractivity contribution in [2.75, 3.05) is 6.54 Å². The average molecular weight is 329 g/mol. The van der Waals surface area contributed by atoms with Gasteiger partial charge in [-0.05, 0) is 58.7 Å². The SMILES string of the molecule is CCNC(c1cc(Cl)ccc1C)c1occc1Br. The lowest BCUT2D eigenvalue weighted by Crippen LogP contribution is -2.22. The fraction of sp³-hybridized carbons (Fsp3) is 0.286. The van der Waals surface area contributed by atoms with Crippen LogP contribution >= 0.6 is 27.5 Å². The van der Waals surface area contributed by atoms with E-state index in [9.17, 15) is 0 Å². The molecule has 0 aliphatic rings. The largest absolute Gasteiger partial charge is 0.466 e. The van der Waals surface area contributed by atoms with Crippen LogP contribution in [0.3, 0.4) is 0 Å². The van der Waals surface area contributed by atoms with Gasteiger partial charge in [-0.25, -0.2) is 0 Å². The van der Waals surface area contributed by atoms with Gasteiger partial charge in [0, 0.05) is 5.02 Å². The second-order valence-corrected chi connectivity index (χ2v) is 5.42. The van der Waals surface area contributed by atoms with Crippen LogP contribution in [0.1, 0.15) is 29.9 Å². The summed E-state index contributed by atoms with van der Waals surface area (Å²) < 4.78 is 6.54. The number of aryl methyl sites for hydroxylation is 1. The molecule has 1 aromatic carbocycles. The Hall–Kier alpha value is -0.770. The molecule has 4 heteroatoms. The summed E-state index contributed by atoms with van der Waals surface area (Å²) in [6.45, 7) is 5.00. The lowest BCUT2D eigenvalue weighted by atomic mass is 9.99. The molecule has 0 radical (unpaired) electrons. The zero-order chi connectivity index (χ0) is 13.1. The van der Waals surface area contributed by atoms with E-state index in [1.54, 1.807) is 6.26 Å². The molecule has 0 fully saturated rings. The van der Waals surface area contributed by atoms with Gasteiger partial charge in [-0.1, -0.05) is 24.6 Å². The molecule has 0 amide bonds. The first-order chi connectivity index (χ1) is 8.63. The molecule has 1 heterocycles. The molecule has 1 unspecified atom stereocenters. The lowest BCUT2D eigenvalue weighted by molar-refractivity contribution is 0.449. The van der Waals surface area contributed by atoms with Crippen LogP contribution in [0.4, 0.5) is 0 Å². The number of benzene rings is 1. The molecule has 2 aromatic rings. The summed E-state index contributed by atoms with van der Waals surface area (Å²) in [5, 5.41) is 4.16. The summed E-state index contributed by atoms with van der Waals surface area (Å²) >= 11 is 9.60. The van der Waals surface area contributed by atoms with Crippen molar-refractivity contribution in [3.8, 4) is 0 Å². The molecule has 96 valence electrons. The van der Waals surface area contributed by atoms with E-state index in [1.165, 1.54) is 5.56 Å². The first kappa shape index (κ1) is 13.7. The minimum Gasteiger partial charge on any atom is -0.466 e. The minimum absolute atomic E-state index is 0.0121. The maximum Gasteiger partial charge on any atom is 0.139 e. The van der Waals surface area contributed by atoms with Crippen LogP contribution in [0.2, 0.25) is 5.02 Å². The molecule has 1 N–H and O–H groups in total. The van der Waals surface area contributed by atoms with Gasteiger partial charge in [0.2, 0.25) is 0 Å². The second-order valence-electron chi connectivity index (χ2n) is 4.12. The minimum atomic E-state index is 0.0121. The highest BCUT2D eigenvalue weighted by Crippen LogP contribution is 2.32. The molecule has 0 saturated carbocycles. The van der Waals surface area contributed by atoms with Crippen LogP contribution in [0.25, 0.3) is 0 Å². The van der Waals surface area contributed by atoms with Crippen LogP contribution < -0.4 is 5.32 Å². The molecule has 0 aliphatic carbocycles. The highest BCUT2D eigenvalue weighted by molar-refractivity contribution is 9.10. The first-order valence-electron chi connectivity index (χ1n) is 5.85. The van der Waals surface area contributed by atoms with Crippen molar-refractivity contribution in [3.63, 3.8) is 0 Å². The molecule has 18 heavy (non-hydrogen) atoms. The van der Waals surface area contributed by atoms with E-state index in [0.29, 0.717) is 0 Å². The van der Waals surface area contributed by atoms with Gasteiger partial charge in [0.1, 0.15) is 5.76 Å². The van der Waals surface area contributed by atoms with E-state index in [1.807, 2.05) is 24.3 Å². The fourth-order valence-electron chi connectivity index (χ4n) is 1.98. The predicted molar refractivity (Wildman–Crippen MR) is 78.1 cm³/mol. The predicted octanol–water partition coefficient (Wildman–Crippen LogP) is 4.70. The van der Waals surface area contributed by atoms with E-state index in [0.717, 1.165) is 27.4 Å². The van der Waals surface area contributed by atoms with Gasteiger partial charge in [0.25, 0.3) is 0 Å². The highest BCUT2D eigenvalue weighted by atomic mass is 79.9. The Kier molecular flexibility index (Phi) is 4.49. The van der Waals surface area contributed by atoms with Crippen LogP contribution in [-0.4, -0.2) is 6.54 Å². The van der Waals surface area contributed by atoms with Gasteiger partial charge < -0.3 is 9.73 Å². The Bertz CT molecular complexity index is 538.